The van der Waals surface area contributed by atoms with Crippen LogP contribution >= 0.6 is 0 Å². The van der Waals surface area contributed by atoms with Gasteiger partial charge in [-0.3, -0.25) is 0 Å². The van der Waals surface area contributed by atoms with Crippen LogP contribution in [0.15, 0.2) is 77.4 Å². The lowest BCUT2D eigenvalue weighted by atomic mass is 9.66. The third-order valence-electron chi connectivity index (χ3n) is 16.7. The number of carbonyl (C=O) groups is 1. The molecule has 0 spiro atoms. The molecule has 6 atom stereocenters. The van der Waals surface area contributed by atoms with Crippen molar-refractivity contribution in [1.29, 1.82) is 0 Å². The van der Waals surface area contributed by atoms with Crippen molar-refractivity contribution in [3.63, 3.8) is 0 Å². The van der Waals surface area contributed by atoms with E-state index in [1.165, 1.54) is 54.4 Å². The van der Waals surface area contributed by atoms with Crippen molar-refractivity contribution in [2.24, 2.45) is 17.8 Å². The Balaban J connectivity index is 0.000000177. The number of aromatic carboxylic acids is 1. The first-order valence-electron chi connectivity index (χ1n) is 27.6. The number of carboxylic acid groups (broad SMARTS) is 1. The first-order chi connectivity index (χ1) is 34.1. The first kappa shape index (κ1) is 56.2. The number of benzene rings is 3. The molecule has 0 bridgehead atoms. The van der Waals surface area contributed by atoms with Gasteiger partial charge in [0.25, 0.3) is 0 Å². The lowest BCUT2D eigenvalue weighted by molar-refractivity contribution is 0.00710. The number of hydrogen-bond donors (Lipinski definition) is 5. The Labute approximate surface area is 433 Å². The number of fused-ring (bicyclic) bond motifs is 6. The summed E-state index contributed by atoms with van der Waals surface area (Å²) in [6.07, 6.45) is 25.1. The number of phenols is 4. The second kappa shape index (κ2) is 24.3. The standard InChI is InChI=1S/C22H30O4.2C21H30O2/c1-5-6-7-8-14-12-17-19(20(23)18(14)21(24)25)15-11-13(2)9-10-16(15)22(3,4)26-17;1-5-6-7-8-15-12-18(22)20-16-11-14(2)9-10-17(16)21(3,4)23-19(20)13-15;1-5-6-7-8-16-12-19(22)21(20(23)13-16)18-11-15(4)9-10-17(18)14(2)3/h9,12,15-16,23H,5-8,10-11H2,1-4H3,(H,24,25);9,12-13,16-17,22H,5-8,10-11H2,1-4H3;9,12-13,17-18,22-23H,2,5-8,10-11H2,1,3-4H3/t15-,16-;16-,17-;17-,18+/m110/s1. The molecule has 3 aliphatic carbocycles. The average molecular weight is 987 g/mol. The van der Waals surface area contributed by atoms with Gasteiger partial charge in [0.15, 0.2) is 0 Å². The average Bonchev–Trinajstić information content (AvgIpc) is 3.28. The number of rotatable bonds is 15. The van der Waals surface area contributed by atoms with Gasteiger partial charge < -0.3 is 35.0 Å². The molecule has 2 heterocycles. The fraction of sp³-hybridized carbons (Fsp3) is 0.578. The molecule has 0 fully saturated rings. The molecule has 3 aromatic rings. The highest BCUT2D eigenvalue weighted by Crippen LogP contribution is 2.57. The Hall–Kier alpha value is -5.11. The molecule has 3 aromatic carbocycles. The third-order valence-corrected chi connectivity index (χ3v) is 16.7. The molecule has 0 radical (unpaired) electrons. The first-order valence-corrected chi connectivity index (χ1v) is 27.6. The second-order valence-corrected chi connectivity index (χ2v) is 23.3. The highest BCUT2D eigenvalue weighted by molar-refractivity contribution is 5.94. The van der Waals surface area contributed by atoms with Crippen molar-refractivity contribution in [2.45, 2.75) is 221 Å². The van der Waals surface area contributed by atoms with Gasteiger partial charge in [-0.1, -0.05) is 106 Å². The summed E-state index contributed by atoms with van der Waals surface area (Å²) in [6, 6.07) is 9.71. The lowest BCUT2D eigenvalue weighted by Gasteiger charge is -2.47. The number of aryl methyl sites for hydroxylation is 3. The minimum atomic E-state index is -1.05. The van der Waals surface area contributed by atoms with E-state index in [0.717, 1.165) is 99.5 Å². The maximum atomic E-state index is 11.9. The van der Waals surface area contributed by atoms with Crippen LogP contribution in [-0.2, 0) is 19.3 Å². The summed E-state index contributed by atoms with van der Waals surface area (Å²) in [5.41, 5.74) is 10.0. The zero-order valence-electron chi connectivity index (χ0n) is 46.0. The molecule has 0 aromatic heterocycles. The zero-order valence-corrected chi connectivity index (χ0v) is 46.0. The molecule has 8 nitrogen and oxygen atoms in total. The van der Waals surface area contributed by atoms with Gasteiger partial charge >= 0.3 is 5.97 Å². The lowest BCUT2D eigenvalue weighted by Crippen LogP contribution is -2.45. The number of ether oxygens (including phenoxy) is 2. The van der Waals surface area contributed by atoms with Crippen LogP contribution in [0.5, 0.6) is 34.5 Å². The number of allylic oxidation sites excluding steroid dienone is 7. The normalized spacial score (nSPS) is 23.2. The minimum Gasteiger partial charge on any atom is -0.508 e. The highest BCUT2D eigenvalue weighted by Gasteiger charge is 2.48. The van der Waals surface area contributed by atoms with Crippen molar-refractivity contribution < 1.29 is 39.8 Å². The molecule has 394 valence electrons. The summed E-state index contributed by atoms with van der Waals surface area (Å²) in [4.78, 5) is 11.9. The SMILES string of the molecule is C=C(C)[C@@H]1CC=C(C)C[C@H]1c1c(O)cc(CCCCC)cc1O.CCCCCc1cc(O)c2c(c1)OC(C)(C)[C@@H]1CC=C(C)C[C@@H]21.CCCCCc1cc2c(c(O)c1C(=O)O)[C@@H]1CC(C)=CC[C@H]1C(C)(C)O2. The quantitative estimate of drug-likeness (QED) is 0.0750. The van der Waals surface area contributed by atoms with Gasteiger partial charge in [0.1, 0.15) is 51.3 Å². The summed E-state index contributed by atoms with van der Waals surface area (Å²) < 4.78 is 12.7. The Morgan fingerprint density at radius 3 is 1.47 bits per heavy atom. The van der Waals surface area contributed by atoms with E-state index in [0.29, 0.717) is 46.4 Å². The summed E-state index contributed by atoms with van der Waals surface area (Å²) in [5, 5.41) is 52.5. The van der Waals surface area contributed by atoms with Gasteiger partial charge in [0, 0.05) is 46.3 Å². The fourth-order valence-corrected chi connectivity index (χ4v) is 12.7. The maximum Gasteiger partial charge on any atom is 0.339 e. The Morgan fingerprint density at radius 1 is 0.583 bits per heavy atom. The van der Waals surface area contributed by atoms with E-state index in [-0.39, 0.29) is 57.7 Å². The molecule has 2 aliphatic heterocycles. The van der Waals surface area contributed by atoms with E-state index in [1.807, 2.05) is 31.2 Å². The van der Waals surface area contributed by atoms with Crippen LogP contribution in [-0.4, -0.2) is 42.7 Å². The van der Waals surface area contributed by atoms with E-state index in [1.54, 1.807) is 0 Å². The fourth-order valence-electron chi connectivity index (χ4n) is 12.7. The number of aromatic hydroxyl groups is 4. The van der Waals surface area contributed by atoms with Gasteiger partial charge in [-0.05, 0) is 185 Å². The third kappa shape index (κ3) is 13.0. The summed E-state index contributed by atoms with van der Waals surface area (Å²) in [7, 11) is 0. The molecule has 8 heteroatoms. The molecule has 0 unspecified atom stereocenters. The Kier molecular flexibility index (Phi) is 19.0. The minimum absolute atomic E-state index is 0.0640. The number of hydrogen-bond acceptors (Lipinski definition) is 7. The van der Waals surface area contributed by atoms with Crippen LogP contribution in [0.4, 0.5) is 0 Å². The summed E-state index contributed by atoms with van der Waals surface area (Å²) >= 11 is 0. The molecule has 5 N–H and O–H groups in total. The second-order valence-electron chi connectivity index (χ2n) is 23.3. The molecular formula is C64H90O8. The molecule has 0 saturated carbocycles. The molecule has 5 aliphatic rings. The van der Waals surface area contributed by atoms with Gasteiger partial charge in [0.2, 0.25) is 0 Å². The molecule has 72 heavy (non-hydrogen) atoms. The molecular weight excluding hydrogens is 897 g/mol. The predicted octanol–water partition coefficient (Wildman–Crippen LogP) is 17.0. The summed E-state index contributed by atoms with van der Waals surface area (Å²) in [5.74, 6) is 2.90. The van der Waals surface area contributed by atoms with E-state index in [9.17, 15) is 30.3 Å². The van der Waals surface area contributed by atoms with Gasteiger partial charge in [-0.2, -0.15) is 0 Å². The van der Waals surface area contributed by atoms with Gasteiger partial charge in [0.05, 0.1) is 0 Å². The largest absolute Gasteiger partial charge is 0.508 e. The molecule has 8 rings (SSSR count). The molecule has 0 saturated heterocycles. The van der Waals surface area contributed by atoms with E-state index >= 15 is 0 Å². The van der Waals surface area contributed by atoms with Crippen molar-refractivity contribution in [3.8, 4) is 34.5 Å². The topological polar surface area (TPSA) is 137 Å². The number of carboxylic acids is 1. The Bertz CT molecular complexity index is 2480. The van der Waals surface area contributed by atoms with Crippen molar-refractivity contribution in [3.05, 3.63) is 116 Å². The van der Waals surface area contributed by atoms with Crippen LogP contribution in [0.25, 0.3) is 0 Å². The van der Waals surface area contributed by atoms with Crippen molar-refractivity contribution >= 4 is 5.97 Å². The number of phenolic OH excluding ortho intramolecular Hbond substituents is 3. The highest BCUT2D eigenvalue weighted by atomic mass is 16.5. The predicted molar refractivity (Wildman–Crippen MR) is 295 cm³/mol. The molecule has 0 amide bonds. The van der Waals surface area contributed by atoms with Crippen LogP contribution in [0.2, 0.25) is 0 Å². The number of unbranched alkanes of at least 4 members (excludes halogenated alkanes) is 6. The monoisotopic (exact) mass is 987 g/mol. The van der Waals surface area contributed by atoms with Gasteiger partial charge in [-0.25, -0.2) is 4.79 Å². The van der Waals surface area contributed by atoms with Crippen LogP contribution in [0.1, 0.15) is 234 Å². The van der Waals surface area contributed by atoms with Crippen molar-refractivity contribution in [1.82, 2.24) is 0 Å². The Morgan fingerprint density at radius 2 is 1.00 bits per heavy atom. The van der Waals surface area contributed by atoms with E-state index in [4.69, 9.17) is 9.47 Å². The van der Waals surface area contributed by atoms with Gasteiger partial charge in [-0.15, -0.1) is 0 Å². The van der Waals surface area contributed by atoms with Crippen molar-refractivity contribution in [2.75, 3.05) is 0 Å². The van der Waals surface area contributed by atoms with E-state index < -0.39 is 5.97 Å². The maximum absolute atomic E-state index is 11.9. The van der Waals surface area contributed by atoms with Crippen LogP contribution < -0.4 is 9.47 Å². The summed E-state index contributed by atoms with van der Waals surface area (Å²) in [6.45, 7) is 27.7. The van der Waals surface area contributed by atoms with Crippen LogP contribution in [0, 0.1) is 17.8 Å². The zero-order chi connectivity index (χ0) is 52.7. The smallest absolute Gasteiger partial charge is 0.339 e. The van der Waals surface area contributed by atoms with E-state index in [2.05, 4.69) is 100 Å². The van der Waals surface area contributed by atoms with Crippen LogP contribution in [0.3, 0.4) is 0 Å².